The van der Waals surface area contributed by atoms with Gasteiger partial charge in [0.2, 0.25) is 0 Å². The highest BCUT2D eigenvalue weighted by Gasteiger charge is 2.14. The Morgan fingerprint density at radius 1 is 1.25 bits per heavy atom. The Kier molecular flexibility index (Phi) is 5.08. The average molecular weight is 355 g/mol. The van der Waals surface area contributed by atoms with E-state index in [4.69, 9.17) is 11.6 Å². The van der Waals surface area contributed by atoms with Crippen molar-refractivity contribution in [2.75, 3.05) is 11.9 Å². The summed E-state index contributed by atoms with van der Waals surface area (Å²) >= 11 is 9.40. The molecule has 0 amide bonds. The minimum absolute atomic E-state index is 0.0323. The molecule has 0 spiro atoms. The zero-order valence-corrected chi connectivity index (χ0v) is 13.8. The first-order chi connectivity index (χ1) is 9.52. The number of aryl methyl sites for hydroxylation is 1. The van der Waals surface area contributed by atoms with E-state index >= 15 is 0 Å². The lowest BCUT2D eigenvalue weighted by atomic mass is 9.97. The largest absolute Gasteiger partial charge is 0.394 e. The first kappa shape index (κ1) is 15.4. The smallest absolute Gasteiger partial charge is 0.0747 e. The van der Waals surface area contributed by atoms with E-state index in [1.807, 2.05) is 30.3 Å². The van der Waals surface area contributed by atoms with Crippen LogP contribution in [0.15, 0.2) is 40.9 Å². The van der Waals surface area contributed by atoms with E-state index < -0.39 is 0 Å². The van der Waals surface area contributed by atoms with E-state index in [-0.39, 0.29) is 12.6 Å². The molecule has 0 fully saturated rings. The number of aliphatic hydroxyl groups excluding tert-OH is 1. The van der Waals surface area contributed by atoms with Crippen molar-refractivity contribution in [1.29, 1.82) is 0 Å². The average Bonchev–Trinajstić information content (AvgIpc) is 2.43. The maximum absolute atomic E-state index is 9.68. The highest BCUT2D eigenvalue weighted by atomic mass is 79.9. The predicted molar refractivity (Wildman–Crippen MR) is 88.5 cm³/mol. The first-order valence-electron chi connectivity index (χ1n) is 6.41. The Bertz CT molecular complexity index is 615. The molecular weight excluding hydrogens is 338 g/mol. The van der Waals surface area contributed by atoms with Gasteiger partial charge in [-0.2, -0.15) is 0 Å². The zero-order chi connectivity index (χ0) is 14.7. The molecule has 0 aliphatic heterocycles. The number of aliphatic hydroxyl groups is 1. The summed E-state index contributed by atoms with van der Waals surface area (Å²) in [4.78, 5) is 0. The number of hydrogen-bond donors (Lipinski definition) is 2. The van der Waals surface area contributed by atoms with Crippen LogP contribution in [0.2, 0.25) is 5.02 Å². The minimum Gasteiger partial charge on any atom is -0.394 e. The van der Waals surface area contributed by atoms with Gasteiger partial charge in [-0.15, -0.1) is 0 Å². The Morgan fingerprint density at radius 2 is 2.00 bits per heavy atom. The van der Waals surface area contributed by atoms with E-state index in [1.54, 1.807) is 0 Å². The van der Waals surface area contributed by atoms with Gasteiger partial charge in [0.1, 0.15) is 0 Å². The molecule has 2 rings (SSSR count). The van der Waals surface area contributed by atoms with Crippen LogP contribution in [0.5, 0.6) is 0 Å². The Hall–Kier alpha value is -1.03. The van der Waals surface area contributed by atoms with Crippen molar-refractivity contribution in [1.82, 2.24) is 0 Å². The van der Waals surface area contributed by atoms with Crippen LogP contribution in [-0.2, 0) is 0 Å². The molecule has 0 bridgehead atoms. The number of nitrogens with one attached hydrogen (secondary N) is 1. The van der Waals surface area contributed by atoms with Gasteiger partial charge < -0.3 is 10.4 Å². The normalized spacial score (nSPS) is 12.2. The van der Waals surface area contributed by atoms with Crippen molar-refractivity contribution in [2.45, 2.75) is 19.9 Å². The minimum atomic E-state index is -0.136. The number of halogens is 2. The fraction of sp³-hybridized carbons (Fsp3) is 0.250. The van der Waals surface area contributed by atoms with Gasteiger partial charge in [0.05, 0.1) is 17.7 Å². The Balaban J connectivity index is 2.28. The van der Waals surface area contributed by atoms with Crippen LogP contribution in [0.1, 0.15) is 22.7 Å². The monoisotopic (exact) mass is 353 g/mol. The van der Waals surface area contributed by atoms with Gasteiger partial charge in [0, 0.05) is 10.2 Å². The van der Waals surface area contributed by atoms with Gasteiger partial charge in [-0.05, 0) is 64.7 Å². The molecule has 2 N–H and O–H groups in total. The molecular formula is C16H17BrClNO. The molecule has 4 heteroatoms. The highest BCUT2D eigenvalue weighted by Crippen LogP contribution is 2.29. The Labute approximate surface area is 132 Å². The molecule has 0 aliphatic carbocycles. The summed E-state index contributed by atoms with van der Waals surface area (Å²) in [7, 11) is 0. The summed E-state index contributed by atoms with van der Waals surface area (Å²) in [5.74, 6) is 0. The Morgan fingerprint density at radius 3 is 2.65 bits per heavy atom. The molecule has 0 saturated carbocycles. The van der Waals surface area contributed by atoms with Crippen LogP contribution in [0.4, 0.5) is 5.69 Å². The molecule has 1 unspecified atom stereocenters. The number of anilines is 1. The van der Waals surface area contributed by atoms with Gasteiger partial charge in [0.15, 0.2) is 0 Å². The van der Waals surface area contributed by atoms with E-state index in [0.717, 1.165) is 15.7 Å². The van der Waals surface area contributed by atoms with Crippen molar-refractivity contribution >= 4 is 33.2 Å². The van der Waals surface area contributed by atoms with Crippen LogP contribution < -0.4 is 5.32 Å². The fourth-order valence-corrected chi connectivity index (χ4v) is 2.66. The summed E-state index contributed by atoms with van der Waals surface area (Å²) in [6, 6.07) is 11.6. The predicted octanol–water partition coefficient (Wildman–Crippen LogP) is 4.86. The van der Waals surface area contributed by atoms with E-state index in [2.05, 4.69) is 41.2 Å². The van der Waals surface area contributed by atoms with Gasteiger partial charge in [-0.3, -0.25) is 0 Å². The van der Waals surface area contributed by atoms with Crippen LogP contribution in [0, 0.1) is 13.8 Å². The summed E-state index contributed by atoms with van der Waals surface area (Å²) in [6.45, 7) is 4.18. The molecule has 106 valence electrons. The lowest BCUT2D eigenvalue weighted by molar-refractivity contribution is 0.276. The summed E-state index contributed by atoms with van der Waals surface area (Å²) < 4.78 is 0.835. The van der Waals surface area contributed by atoms with Gasteiger partial charge in [0.25, 0.3) is 0 Å². The van der Waals surface area contributed by atoms with Crippen molar-refractivity contribution in [3.8, 4) is 0 Å². The maximum Gasteiger partial charge on any atom is 0.0747 e. The SMILES string of the molecule is Cc1cccc(C(CO)Nc2ccc(Cl)c(Br)c2)c1C. The first-order valence-corrected chi connectivity index (χ1v) is 7.58. The molecule has 1 atom stereocenters. The van der Waals surface area contributed by atoms with Gasteiger partial charge >= 0.3 is 0 Å². The molecule has 2 aromatic rings. The molecule has 20 heavy (non-hydrogen) atoms. The summed E-state index contributed by atoms with van der Waals surface area (Å²) in [5, 5.41) is 13.7. The zero-order valence-electron chi connectivity index (χ0n) is 11.5. The molecule has 2 aromatic carbocycles. The topological polar surface area (TPSA) is 32.3 Å². The van der Waals surface area contributed by atoms with Crippen molar-refractivity contribution < 1.29 is 5.11 Å². The third kappa shape index (κ3) is 3.35. The molecule has 0 heterocycles. The van der Waals surface area contributed by atoms with Gasteiger partial charge in [-0.1, -0.05) is 29.8 Å². The summed E-state index contributed by atoms with van der Waals surface area (Å²) in [5.41, 5.74) is 4.45. The van der Waals surface area contributed by atoms with E-state index in [1.165, 1.54) is 11.1 Å². The third-order valence-corrected chi connectivity index (χ3v) is 4.68. The second kappa shape index (κ2) is 6.61. The summed E-state index contributed by atoms with van der Waals surface area (Å²) in [6.07, 6.45) is 0. The van der Waals surface area contributed by atoms with E-state index in [0.29, 0.717) is 5.02 Å². The van der Waals surface area contributed by atoms with Crippen LogP contribution in [0.25, 0.3) is 0 Å². The van der Waals surface area contributed by atoms with Crippen LogP contribution >= 0.6 is 27.5 Å². The molecule has 0 saturated heterocycles. The fourth-order valence-electron chi connectivity index (χ4n) is 2.16. The molecule has 0 radical (unpaired) electrons. The number of rotatable bonds is 4. The number of benzene rings is 2. The van der Waals surface area contributed by atoms with Crippen molar-refractivity contribution in [2.24, 2.45) is 0 Å². The maximum atomic E-state index is 9.68. The lowest BCUT2D eigenvalue weighted by Gasteiger charge is -2.21. The quantitative estimate of drug-likeness (QED) is 0.821. The second-order valence-corrected chi connectivity index (χ2v) is 6.06. The van der Waals surface area contributed by atoms with Crippen LogP contribution in [-0.4, -0.2) is 11.7 Å². The van der Waals surface area contributed by atoms with Crippen molar-refractivity contribution in [3.05, 3.63) is 62.6 Å². The molecule has 0 aromatic heterocycles. The van der Waals surface area contributed by atoms with E-state index in [9.17, 15) is 5.11 Å². The van der Waals surface area contributed by atoms with Crippen molar-refractivity contribution in [3.63, 3.8) is 0 Å². The lowest BCUT2D eigenvalue weighted by Crippen LogP contribution is -2.16. The molecule has 0 aliphatic rings. The standard InChI is InChI=1S/C16H17BrClNO/c1-10-4-3-5-13(11(10)2)16(9-20)19-12-6-7-15(18)14(17)8-12/h3-8,16,19-20H,9H2,1-2H3. The second-order valence-electron chi connectivity index (χ2n) is 4.80. The third-order valence-electron chi connectivity index (χ3n) is 3.47. The van der Waals surface area contributed by atoms with Gasteiger partial charge in [-0.25, -0.2) is 0 Å². The highest BCUT2D eigenvalue weighted by molar-refractivity contribution is 9.10. The van der Waals surface area contributed by atoms with Crippen LogP contribution in [0.3, 0.4) is 0 Å². The molecule has 2 nitrogen and oxygen atoms in total. The number of hydrogen-bond acceptors (Lipinski definition) is 2.